The van der Waals surface area contributed by atoms with E-state index in [2.05, 4.69) is 36.3 Å². The summed E-state index contributed by atoms with van der Waals surface area (Å²) >= 11 is 0. The van der Waals surface area contributed by atoms with Crippen molar-refractivity contribution >= 4 is 11.6 Å². The number of benzene rings is 2. The molecule has 0 radical (unpaired) electrons. The van der Waals surface area contributed by atoms with Gasteiger partial charge in [-0.15, -0.1) is 0 Å². The Kier molecular flexibility index (Phi) is 4.36. The van der Waals surface area contributed by atoms with Crippen LogP contribution in [0.25, 0.3) is 0 Å². The van der Waals surface area contributed by atoms with Crippen LogP contribution in [0.4, 0.5) is 10.1 Å². The molecule has 1 aromatic heterocycles. The van der Waals surface area contributed by atoms with E-state index in [4.69, 9.17) is 0 Å². The third kappa shape index (κ3) is 3.28. The lowest BCUT2D eigenvalue weighted by atomic mass is 10.1. The molecule has 2 heterocycles. The van der Waals surface area contributed by atoms with E-state index in [1.165, 1.54) is 23.3 Å². The summed E-state index contributed by atoms with van der Waals surface area (Å²) in [6, 6.07) is 15.9. The molecule has 5 heteroatoms. The third-order valence-electron chi connectivity index (χ3n) is 4.98. The number of nitrogens with zero attached hydrogens (tertiary/aromatic N) is 2. The molecule has 0 saturated heterocycles. The quantitative estimate of drug-likeness (QED) is 0.738. The molecule has 1 atom stereocenters. The lowest BCUT2D eigenvalue weighted by Gasteiger charge is -2.27. The largest absolute Gasteiger partial charge is 0.360 e. The zero-order valence-corrected chi connectivity index (χ0v) is 15.2. The third-order valence-corrected chi connectivity index (χ3v) is 4.98. The van der Waals surface area contributed by atoms with Crippen LogP contribution in [-0.2, 0) is 6.54 Å². The Hall–Kier alpha value is -3.21. The summed E-state index contributed by atoms with van der Waals surface area (Å²) < 4.78 is 13.2. The number of hydrogen-bond acceptors (Lipinski definition) is 3. The Morgan fingerprint density at radius 1 is 1.07 bits per heavy atom. The first kappa shape index (κ1) is 17.2. The number of aryl methyl sites for hydroxylation is 2. The number of hydrogen-bond donors (Lipinski definition) is 1. The second kappa shape index (κ2) is 6.83. The van der Waals surface area contributed by atoms with Gasteiger partial charge in [-0.2, -0.15) is 0 Å². The maximum Gasteiger partial charge on any atom is 0.258 e. The number of carbonyl (C=O) groups is 1. The van der Waals surface area contributed by atoms with Gasteiger partial charge in [0.1, 0.15) is 12.0 Å². The Balaban J connectivity index is 1.68. The number of fused-ring (bicyclic) bond motifs is 1. The Morgan fingerprint density at radius 3 is 2.59 bits per heavy atom. The summed E-state index contributed by atoms with van der Waals surface area (Å²) in [7, 11) is 0. The van der Waals surface area contributed by atoms with Crippen LogP contribution >= 0.6 is 0 Å². The normalized spacial score (nSPS) is 15.7. The zero-order chi connectivity index (χ0) is 19.0. The minimum Gasteiger partial charge on any atom is -0.360 e. The van der Waals surface area contributed by atoms with Crippen molar-refractivity contribution in [1.29, 1.82) is 0 Å². The first-order valence-electron chi connectivity index (χ1n) is 8.87. The molecular weight excluding hydrogens is 341 g/mol. The second-order valence-corrected chi connectivity index (χ2v) is 6.84. The summed E-state index contributed by atoms with van der Waals surface area (Å²) in [4.78, 5) is 19.1. The SMILES string of the molecule is Cc1ccc(N[C@@H]2c3ncccc3C(=O)N2Cc2ccc(F)cc2)cc1C. The molecule has 1 amide bonds. The van der Waals surface area contributed by atoms with Crippen LogP contribution in [0.15, 0.2) is 60.8 Å². The van der Waals surface area contributed by atoms with Crippen LogP contribution in [0.3, 0.4) is 0 Å². The van der Waals surface area contributed by atoms with Crippen molar-refractivity contribution in [2.75, 3.05) is 5.32 Å². The number of carbonyl (C=O) groups excluding carboxylic acids is 1. The van der Waals surface area contributed by atoms with E-state index in [0.717, 1.165) is 11.3 Å². The number of pyridine rings is 1. The molecule has 0 aliphatic carbocycles. The molecule has 4 nitrogen and oxygen atoms in total. The molecule has 27 heavy (non-hydrogen) atoms. The van der Waals surface area contributed by atoms with Gasteiger partial charge >= 0.3 is 0 Å². The van der Waals surface area contributed by atoms with Gasteiger partial charge in [0.05, 0.1) is 11.3 Å². The van der Waals surface area contributed by atoms with E-state index in [-0.39, 0.29) is 17.9 Å². The highest BCUT2D eigenvalue weighted by atomic mass is 19.1. The summed E-state index contributed by atoms with van der Waals surface area (Å²) in [5, 5.41) is 3.45. The fourth-order valence-corrected chi connectivity index (χ4v) is 3.32. The van der Waals surface area contributed by atoms with Crippen LogP contribution in [0.5, 0.6) is 0 Å². The highest BCUT2D eigenvalue weighted by Crippen LogP contribution is 2.34. The van der Waals surface area contributed by atoms with Crippen molar-refractivity contribution in [2.24, 2.45) is 0 Å². The fraction of sp³-hybridized carbons (Fsp3) is 0.182. The standard InChI is InChI=1S/C22H20FN3O/c1-14-5-10-18(12-15(14)2)25-21-20-19(4-3-11-24-20)22(27)26(21)13-16-6-8-17(23)9-7-16/h3-12,21,25H,13H2,1-2H3/t21-/m0/s1. The smallest absolute Gasteiger partial charge is 0.258 e. The maximum absolute atomic E-state index is 13.2. The van der Waals surface area contributed by atoms with E-state index >= 15 is 0 Å². The summed E-state index contributed by atoms with van der Waals surface area (Å²) in [6.45, 7) is 4.50. The van der Waals surface area contributed by atoms with Gasteiger partial charge in [0.2, 0.25) is 0 Å². The molecule has 0 unspecified atom stereocenters. The molecule has 136 valence electrons. The molecule has 3 aromatic rings. The van der Waals surface area contributed by atoms with Crippen LogP contribution in [0.2, 0.25) is 0 Å². The number of aromatic nitrogens is 1. The lowest BCUT2D eigenvalue weighted by Crippen LogP contribution is -2.32. The number of halogens is 1. The van der Waals surface area contributed by atoms with Gasteiger partial charge in [0.15, 0.2) is 0 Å². The molecule has 1 N–H and O–H groups in total. The van der Waals surface area contributed by atoms with Gasteiger partial charge in [-0.25, -0.2) is 4.39 Å². The van der Waals surface area contributed by atoms with Crippen molar-refractivity contribution < 1.29 is 9.18 Å². The van der Waals surface area contributed by atoms with Gasteiger partial charge in [-0.05, 0) is 66.9 Å². The Labute approximate surface area is 157 Å². The van der Waals surface area contributed by atoms with Crippen molar-refractivity contribution in [2.45, 2.75) is 26.6 Å². The Morgan fingerprint density at radius 2 is 1.85 bits per heavy atom. The molecule has 0 fully saturated rings. The predicted molar refractivity (Wildman–Crippen MR) is 103 cm³/mol. The van der Waals surface area contributed by atoms with Crippen LogP contribution in [0, 0.1) is 19.7 Å². The van der Waals surface area contributed by atoms with Gasteiger partial charge in [0, 0.05) is 18.4 Å². The average molecular weight is 361 g/mol. The lowest BCUT2D eigenvalue weighted by molar-refractivity contribution is 0.0728. The molecular formula is C22H20FN3O. The fourth-order valence-electron chi connectivity index (χ4n) is 3.32. The maximum atomic E-state index is 13.2. The monoisotopic (exact) mass is 361 g/mol. The van der Waals surface area contributed by atoms with Crippen LogP contribution < -0.4 is 5.32 Å². The van der Waals surface area contributed by atoms with Crippen molar-refractivity contribution in [3.05, 3.63) is 94.6 Å². The van der Waals surface area contributed by atoms with Crippen molar-refractivity contribution in [3.63, 3.8) is 0 Å². The van der Waals surface area contributed by atoms with Gasteiger partial charge in [-0.3, -0.25) is 9.78 Å². The van der Waals surface area contributed by atoms with Crippen LogP contribution in [-0.4, -0.2) is 15.8 Å². The van der Waals surface area contributed by atoms with Gasteiger partial charge < -0.3 is 10.2 Å². The molecule has 4 rings (SSSR count). The predicted octanol–water partition coefficient (Wildman–Crippen LogP) is 4.60. The van der Waals surface area contributed by atoms with E-state index in [0.29, 0.717) is 17.8 Å². The Bertz CT molecular complexity index is 1000. The number of rotatable bonds is 4. The minimum atomic E-state index is -0.374. The number of nitrogens with one attached hydrogen (secondary N) is 1. The topological polar surface area (TPSA) is 45.2 Å². The second-order valence-electron chi connectivity index (χ2n) is 6.84. The van der Waals surface area contributed by atoms with E-state index in [1.54, 1.807) is 35.4 Å². The summed E-state index contributed by atoms with van der Waals surface area (Å²) in [5.74, 6) is -0.370. The first-order valence-corrected chi connectivity index (χ1v) is 8.87. The number of amides is 1. The van der Waals surface area contributed by atoms with Crippen molar-refractivity contribution in [1.82, 2.24) is 9.88 Å². The van der Waals surface area contributed by atoms with Gasteiger partial charge in [0.25, 0.3) is 5.91 Å². The molecule has 2 aromatic carbocycles. The van der Waals surface area contributed by atoms with E-state index in [1.807, 2.05) is 6.07 Å². The highest BCUT2D eigenvalue weighted by molar-refractivity contribution is 5.98. The van der Waals surface area contributed by atoms with Gasteiger partial charge in [-0.1, -0.05) is 18.2 Å². The molecule has 0 bridgehead atoms. The zero-order valence-electron chi connectivity index (χ0n) is 15.2. The summed E-state index contributed by atoms with van der Waals surface area (Å²) in [6.07, 6.45) is 1.32. The summed E-state index contributed by atoms with van der Waals surface area (Å²) in [5.41, 5.74) is 5.49. The molecule has 1 aliphatic rings. The van der Waals surface area contributed by atoms with Crippen molar-refractivity contribution in [3.8, 4) is 0 Å². The van der Waals surface area contributed by atoms with E-state index in [9.17, 15) is 9.18 Å². The van der Waals surface area contributed by atoms with E-state index < -0.39 is 0 Å². The number of anilines is 1. The molecule has 0 spiro atoms. The average Bonchev–Trinajstić information content (AvgIpc) is 2.92. The molecule has 0 saturated carbocycles. The van der Waals surface area contributed by atoms with Crippen LogP contribution in [0.1, 0.15) is 38.9 Å². The highest BCUT2D eigenvalue weighted by Gasteiger charge is 2.37. The first-order chi connectivity index (χ1) is 13.0. The minimum absolute atomic E-state index is 0.0799. The molecule has 1 aliphatic heterocycles.